The molecule has 0 spiro atoms. The second-order valence-electron chi connectivity index (χ2n) is 7.46. The summed E-state index contributed by atoms with van der Waals surface area (Å²) >= 11 is 0. The highest BCUT2D eigenvalue weighted by Gasteiger charge is 2.17. The van der Waals surface area contributed by atoms with Crippen LogP contribution in [0, 0.1) is 0 Å². The Balaban J connectivity index is 1.77. The molecule has 0 bridgehead atoms. The van der Waals surface area contributed by atoms with E-state index in [0.29, 0.717) is 0 Å². The average molecular weight is 312 g/mol. The average Bonchev–Trinajstić information content (AvgIpc) is 2.67. The fraction of sp³-hybridized carbons (Fsp3) is 0.333. The van der Waals surface area contributed by atoms with E-state index < -0.39 is 0 Å². The van der Waals surface area contributed by atoms with Gasteiger partial charge in [0, 0.05) is 0 Å². The third-order valence-corrected chi connectivity index (χ3v) is 6.08. The predicted molar refractivity (Wildman–Crippen MR) is 103 cm³/mol. The van der Waals surface area contributed by atoms with Gasteiger partial charge >= 0.3 is 0 Å². The summed E-state index contributed by atoms with van der Waals surface area (Å²) in [4.78, 5) is 0. The number of hydrogen-bond donors (Lipinski definition) is 0. The molecule has 0 amide bonds. The second kappa shape index (κ2) is 5.77. The van der Waals surface area contributed by atoms with Crippen molar-refractivity contribution in [2.75, 3.05) is 0 Å². The zero-order chi connectivity index (χ0) is 15.9. The third-order valence-electron chi connectivity index (χ3n) is 6.08. The maximum Gasteiger partial charge on any atom is -0.0102 e. The maximum atomic E-state index is 2.40. The first-order valence-corrected chi connectivity index (χ1v) is 9.56. The van der Waals surface area contributed by atoms with Crippen LogP contribution in [0.3, 0.4) is 0 Å². The van der Waals surface area contributed by atoms with Crippen molar-refractivity contribution in [1.82, 2.24) is 0 Å². The Kier molecular flexibility index (Phi) is 3.43. The van der Waals surface area contributed by atoms with Crippen LogP contribution >= 0.6 is 0 Å². The third kappa shape index (κ3) is 2.20. The van der Waals surface area contributed by atoms with E-state index in [0.717, 1.165) is 0 Å². The summed E-state index contributed by atoms with van der Waals surface area (Å²) in [5, 5.41) is 2.95. The van der Waals surface area contributed by atoms with E-state index in [1.165, 1.54) is 73.3 Å². The molecule has 5 rings (SSSR count). The lowest BCUT2D eigenvalue weighted by atomic mass is 9.82. The van der Waals surface area contributed by atoms with Crippen molar-refractivity contribution in [1.29, 1.82) is 0 Å². The molecular formula is C24H24. The van der Waals surface area contributed by atoms with Crippen molar-refractivity contribution in [2.24, 2.45) is 0 Å². The Bertz CT molecular complexity index is 917. The summed E-state index contributed by atoms with van der Waals surface area (Å²) in [6, 6.07) is 18.7. The Hall–Kier alpha value is -2.08. The minimum atomic E-state index is 1.24. The van der Waals surface area contributed by atoms with Crippen molar-refractivity contribution in [3.63, 3.8) is 0 Å². The summed E-state index contributed by atoms with van der Waals surface area (Å²) in [5.74, 6) is 0. The molecule has 3 aromatic rings. The van der Waals surface area contributed by atoms with Gasteiger partial charge in [-0.2, -0.15) is 0 Å². The van der Waals surface area contributed by atoms with E-state index in [-0.39, 0.29) is 0 Å². The molecule has 0 atom stereocenters. The van der Waals surface area contributed by atoms with Crippen LogP contribution < -0.4 is 0 Å². The molecule has 0 saturated carbocycles. The van der Waals surface area contributed by atoms with E-state index in [9.17, 15) is 0 Å². The Labute approximate surface area is 144 Å². The standard InChI is InChI=1S/C24H24/c1-3-10-19-17(7-1)9-5-12-21(19)23-14-6-13-22-20-11-4-2-8-18(20)15-16-24(22)23/h5-6,9,12-16H,1-4,7-8,10-11H2. The van der Waals surface area contributed by atoms with E-state index in [4.69, 9.17) is 0 Å². The molecule has 0 saturated heterocycles. The normalized spacial score (nSPS) is 16.7. The zero-order valence-corrected chi connectivity index (χ0v) is 14.3. The van der Waals surface area contributed by atoms with Gasteiger partial charge in [0.2, 0.25) is 0 Å². The summed E-state index contributed by atoms with van der Waals surface area (Å²) in [6.45, 7) is 0. The van der Waals surface area contributed by atoms with Gasteiger partial charge in [0.1, 0.15) is 0 Å². The minimum Gasteiger partial charge on any atom is -0.0614 e. The molecule has 0 aromatic heterocycles. The highest BCUT2D eigenvalue weighted by Crippen LogP contribution is 2.38. The van der Waals surface area contributed by atoms with Crippen LogP contribution in [0.25, 0.3) is 21.9 Å². The molecule has 0 aliphatic heterocycles. The lowest BCUT2D eigenvalue weighted by Gasteiger charge is -2.22. The Morgan fingerprint density at radius 2 is 1.12 bits per heavy atom. The van der Waals surface area contributed by atoms with Crippen molar-refractivity contribution >= 4 is 10.8 Å². The van der Waals surface area contributed by atoms with Crippen molar-refractivity contribution in [3.05, 3.63) is 70.8 Å². The van der Waals surface area contributed by atoms with Crippen molar-refractivity contribution in [2.45, 2.75) is 51.4 Å². The summed E-state index contributed by atoms with van der Waals surface area (Å²) < 4.78 is 0. The van der Waals surface area contributed by atoms with Crippen molar-refractivity contribution < 1.29 is 0 Å². The van der Waals surface area contributed by atoms with E-state index in [2.05, 4.69) is 48.5 Å². The van der Waals surface area contributed by atoms with Crippen LogP contribution in [0.4, 0.5) is 0 Å². The van der Waals surface area contributed by atoms with Gasteiger partial charge in [-0.05, 0) is 95.5 Å². The first-order chi connectivity index (χ1) is 11.9. The van der Waals surface area contributed by atoms with E-state index in [1.807, 2.05) is 0 Å². The molecule has 0 heterocycles. The molecular weight excluding hydrogens is 288 g/mol. The number of benzene rings is 3. The smallest absolute Gasteiger partial charge is 0.0102 e. The topological polar surface area (TPSA) is 0 Å². The molecule has 24 heavy (non-hydrogen) atoms. The van der Waals surface area contributed by atoms with E-state index >= 15 is 0 Å². The molecule has 0 nitrogen and oxygen atoms in total. The lowest BCUT2D eigenvalue weighted by Crippen LogP contribution is -2.05. The van der Waals surface area contributed by atoms with Gasteiger partial charge in [-0.1, -0.05) is 48.5 Å². The second-order valence-corrected chi connectivity index (χ2v) is 7.46. The first kappa shape index (κ1) is 14.3. The van der Waals surface area contributed by atoms with Crippen LogP contribution in [-0.4, -0.2) is 0 Å². The van der Waals surface area contributed by atoms with Gasteiger partial charge < -0.3 is 0 Å². The Morgan fingerprint density at radius 1 is 0.458 bits per heavy atom. The highest BCUT2D eigenvalue weighted by molar-refractivity contribution is 5.99. The molecule has 0 heteroatoms. The summed E-state index contributed by atoms with van der Waals surface area (Å²) in [7, 11) is 0. The predicted octanol–water partition coefficient (Wildman–Crippen LogP) is 6.26. The first-order valence-electron chi connectivity index (χ1n) is 9.56. The molecule has 3 aromatic carbocycles. The van der Waals surface area contributed by atoms with Gasteiger partial charge in [0.25, 0.3) is 0 Å². The van der Waals surface area contributed by atoms with Gasteiger partial charge in [-0.3, -0.25) is 0 Å². The van der Waals surface area contributed by atoms with Gasteiger partial charge in [-0.15, -0.1) is 0 Å². The number of rotatable bonds is 1. The van der Waals surface area contributed by atoms with E-state index in [1.54, 1.807) is 22.3 Å². The zero-order valence-electron chi connectivity index (χ0n) is 14.3. The fourth-order valence-electron chi connectivity index (χ4n) is 4.88. The molecule has 2 aliphatic rings. The highest BCUT2D eigenvalue weighted by atomic mass is 14.2. The largest absolute Gasteiger partial charge is 0.0614 e. The monoisotopic (exact) mass is 312 g/mol. The van der Waals surface area contributed by atoms with Gasteiger partial charge in [0.05, 0.1) is 0 Å². The van der Waals surface area contributed by atoms with Crippen LogP contribution in [0.5, 0.6) is 0 Å². The van der Waals surface area contributed by atoms with Crippen LogP contribution in [0.2, 0.25) is 0 Å². The fourth-order valence-corrected chi connectivity index (χ4v) is 4.88. The van der Waals surface area contributed by atoms with Crippen LogP contribution in [-0.2, 0) is 25.7 Å². The molecule has 0 N–H and O–H groups in total. The summed E-state index contributed by atoms with van der Waals surface area (Å²) in [6.07, 6.45) is 10.4. The minimum absolute atomic E-state index is 1.24. The van der Waals surface area contributed by atoms with Gasteiger partial charge in [-0.25, -0.2) is 0 Å². The summed E-state index contributed by atoms with van der Waals surface area (Å²) in [5.41, 5.74) is 9.31. The molecule has 0 unspecified atom stereocenters. The SMILES string of the molecule is c1cc2c(c(-c3cccc4c5c(ccc34)CCCC5)c1)CCCC2. The van der Waals surface area contributed by atoms with Crippen LogP contribution in [0.1, 0.15) is 47.9 Å². The molecule has 120 valence electrons. The quantitative estimate of drug-likeness (QED) is 0.497. The van der Waals surface area contributed by atoms with Crippen LogP contribution in [0.15, 0.2) is 48.5 Å². The lowest BCUT2D eigenvalue weighted by molar-refractivity contribution is 0.687. The maximum absolute atomic E-state index is 2.40. The number of aryl methyl sites for hydroxylation is 3. The van der Waals surface area contributed by atoms with Crippen molar-refractivity contribution in [3.8, 4) is 11.1 Å². The Morgan fingerprint density at radius 3 is 2.00 bits per heavy atom. The number of hydrogen-bond acceptors (Lipinski definition) is 0. The molecule has 2 aliphatic carbocycles. The molecule has 0 radical (unpaired) electrons. The number of fused-ring (bicyclic) bond motifs is 4. The molecule has 0 fully saturated rings. The van der Waals surface area contributed by atoms with Gasteiger partial charge in [0.15, 0.2) is 0 Å².